The van der Waals surface area contributed by atoms with Crippen molar-refractivity contribution in [3.05, 3.63) is 59.7 Å². The molecule has 1 aliphatic heterocycles. The third kappa shape index (κ3) is 4.69. The zero-order valence-electron chi connectivity index (χ0n) is 12.1. The highest BCUT2D eigenvalue weighted by Gasteiger charge is 2.14. The van der Waals surface area contributed by atoms with Crippen molar-refractivity contribution in [3.8, 4) is 0 Å². The third-order valence-electron chi connectivity index (χ3n) is 3.76. The minimum absolute atomic E-state index is 0.197. The summed E-state index contributed by atoms with van der Waals surface area (Å²) in [5.41, 5.74) is 2.60. The molecule has 1 N–H and O–H groups in total. The van der Waals surface area contributed by atoms with Gasteiger partial charge in [-0.05, 0) is 37.7 Å². The normalized spacial score (nSPS) is 19.2. The first-order valence-electron chi connectivity index (χ1n) is 7.42. The summed E-state index contributed by atoms with van der Waals surface area (Å²) in [6.45, 7) is 2.88. The number of carbonyl (C=O) groups is 1. The summed E-state index contributed by atoms with van der Waals surface area (Å²) in [6.07, 6.45) is 3.75. The number of hydrogen-bond donors (Lipinski definition) is 1. The van der Waals surface area contributed by atoms with Crippen LogP contribution in [0.1, 0.15) is 42.7 Å². The van der Waals surface area contributed by atoms with Crippen molar-refractivity contribution in [2.24, 2.45) is 0 Å². The van der Waals surface area contributed by atoms with Crippen molar-refractivity contribution in [2.75, 3.05) is 6.54 Å². The van der Waals surface area contributed by atoms with Gasteiger partial charge in [-0.3, -0.25) is 4.79 Å². The van der Waals surface area contributed by atoms with Gasteiger partial charge in [0, 0.05) is 13.0 Å². The van der Waals surface area contributed by atoms with Crippen molar-refractivity contribution in [3.63, 3.8) is 0 Å². The maximum Gasteiger partial charge on any atom is 0.219 e. The van der Waals surface area contributed by atoms with Crippen LogP contribution >= 0.6 is 0 Å². The van der Waals surface area contributed by atoms with Crippen LogP contribution in [-0.2, 0) is 4.79 Å². The zero-order chi connectivity index (χ0) is 14.2. The van der Waals surface area contributed by atoms with Gasteiger partial charge in [0.25, 0.3) is 0 Å². The summed E-state index contributed by atoms with van der Waals surface area (Å²) >= 11 is 0. The highest BCUT2D eigenvalue weighted by Crippen LogP contribution is 2.25. The second-order valence-electron chi connectivity index (χ2n) is 5.41. The lowest BCUT2D eigenvalue weighted by atomic mass is 9.90. The second-order valence-corrected chi connectivity index (χ2v) is 5.41. The van der Waals surface area contributed by atoms with Crippen LogP contribution in [-0.4, -0.2) is 12.5 Å². The molecule has 1 amide bonds. The molecule has 1 aromatic carbocycles. The summed E-state index contributed by atoms with van der Waals surface area (Å²) in [6, 6.07) is 17.0. The van der Waals surface area contributed by atoms with Crippen LogP contribution in [0.2, 0.25) is 0 Å². The van der Waals surface area contributed by atoms with Crippen LogP contribution in [0.4, 0.5) is 0 Å². The van der Waals surface area contributed by atoms with Crippen LogP contribution < -0.4 is 5.32 Å². The number of amides is 1. The number of nitrogens with one attached hydrogen (secondary N) is 1. The van der Waals surface area contributed by atoms with Gasteiger partial charge >= 0.3 is 0 Å². The molecule has 0 saturated carbocycles. The SMILES string of the molecule is Cc1ccccc(C2CCCC(=O)NCC2)cccc1. The molecule has 20 heavy (non-hydrogen) atoms. The molecule has 0 bridgehead atoms. The van der Waals surface area contributed by atoms with Gasteiger partial charge in [0.1, 0.15) is 0 Å². The van der Waals surface area contributed by atoms with Crippen LogP contribution in [0, 0.1) is 6.92 Å². The largest absolute Gasteiger partial charge is 0.356 e. The summed E-state index contributed by atoms with van der Waals surface area (Å²) in [5.74, 6) is 0.733. The van der Waals surface area contributed by atoms with Gasteiger partial charge < -0.3 is 5.32 Å². The molecule has 1 aromatic rings. The summed E-state index contributed by atoms with van der Waals surface area (Å²) in [7, 11) is 0. The molecule has 1 saturated heterocycles. The van der Waals surface area contributed by atoms with Gasteiger partial charge in [-0.25, -0.2) is 0 Å². The van der Waals surface area contributed by atoms with E-state index in [4.69, 9.17) is 0 Å². The van der Waals surface area contributed by atoms with E-state index in [1.807, 2.05) is 0 Å². The smallest absolute Gasteiger partial charge is 0.219 e. The van der Waals surface area contributed by atoms with Crippen LogP contribution in [0.25, 0.3) is 0 Å². The van der Waals surface area contributed by atoms with Crippen molar-refractivity contribution >= 4 is 5.91 Å². The Balaban J connectivity index is 2.20. The molecule has 2 nitrogen and oxygen atoms in total. The lowest BCUT2D eigenvalue weighted by Crippen LogP contribution is -2.27. The Kier molecular flexibility index (Phi) is 5.60. The predicted octanol–water partition coefficient (Wildman–Crippen LogP) is 3.89. The average molecular weight is 269 g/mol. The zero-order valence-corrected chi connectivity index (χ0v) is 12.1. The van der Waals surface area contributed by atoms with E-state index >= 15 is 0 Å². The van der Waals surface area contributed by atoms with Gasteiger partial charge in [0.2, 0.25) is 5.91 Å². The maximum absolute atomic E-state index is 11.4. The molecule has 1 aliphatic rings. The Bertz CT molecular complexity index is 469. The first kappa shape index (κ1) is 14.6. The van der Waals surface area contributed by atoms with Gasteiger partial charge in [0.05, 0.1) is 0 Å². The molecule has 0 spiro atoms. The molecule has 2 rings (SSSR count). The quantitative estimate of drug-likeness (QED) is 0.823. The summed E-state index contributed by atoms with van der Waals surface area (Å²) in [4.78, 5) is 11.4. The molecule has 2 heteroatoms. The number of aryl methyl sites for hydroxylation is 1. The minimum atomic E-state index is 0.197. The Morgan fingerprint density at radius 3 is 2.35 bits per heavy atom. The van der Waals surface area contributed by atoms with Crippen molar-refractivity contribution in [1.29, 1.82) is 0 Å². The molecule has 0 aliphatic carbocycles. The Morgan fingerprint density at radius 2 is 1.65 bits per heavy atom. The van der Waals surface area contributed by atoms with Gasteiger partial charge in [-0.1, -0.05) is 54.1 Å². The molecular weight excluding hydrogens is 246 g/mol. The molecule has 1 atom stereocenters. The van der Waals surface area contributed by atoms with E-state index in [9.17, 15) is 4.79 Å². The fraction of sp³-hybridized carbons (Fsp3) is 0.389. The second kappa shape index (κ2) is 7.68. The predicted molar refractivity (Wildman–Crippen MR) is 83.0 cm³/mol. The van der Waals surface area contributed by atoms with Gasteiger partial charge in [-0.2, -0.15) is 0 Å². The minimum Gasteiger partial charge on any atom is -0.356 e. The Morgan fingerprint density at radius 1 is 1.00 bits per heavy atom. The molecule has 1 heterocycles. The highest BCUT2D eigenvalue weighted by molar-refractivity contribution is 5.75. The van der Waals surface area contributed by atoms with E-state index in [1.165, 1.54) is 11.1 Å². The van der Waals surface area contributed by atoms with E-state index < -0.39 is 0 Å². The molecule has 106 valence electrons. The number of rotatable bonds is 1. The molecular formula is C18H23NO. The van der Waals surface area contributed by atoms with E-state index in [-0.39, 0.29) is 5.91 Å². The maximum atomic E-state index is 11.4. The number of hydrogen-bond acceptors (Lipinski definition) is 1. The van der Waals surface area contributed by atoms with Crippen LogP contribution in [0.5, 0.6) is 0 Å². The van der Waals surface area contributed by atoms with E-state index in [0.717, 1.165) is 25.8 Å². The molecule has 1 unspecified atom stereocenters. The molecule has 0 aromatic heterocycles. The van der Waals surface area contributed by atoms with Crippen LogP contribution in [0.3, 0.4) is 0 Å². The summed E-state index contributed by atoms with van der Waals surface area (Å²) < 4.78 is 0. The first-order chi connectivity index (χ1) is 9.75. The molecule has 0 radical (unpaired) electrons. The van der Waals surface area contributed by atoms with E-state index in [0.29, 0.717) is 12.3 Å². The summed E-state index contributed by atoms with van der Waals surface area (Å²) in [5, 5.41) is 2.98. The Labute approximate surface area is 121 Å². The fourth-order valence-electron chi connectivity index (χ4n) is 2.59. The van der Waals surface area contributed by atoms with Crippen molar-refractivity contribution < 1.29 is 4.79 Å². The van der Waals surface area contributed by atoms with Crippen molar-refractivity contribution in [1.82, 2.24) is 5.32 Å². The van der Waals surface area contributed by atoms with E-state index in [1.54, 1.807) is 0 Å². The monoisotopic (exact) mass is 269 g/mol. The first-order valence-corrected chi connectivity index (χ1v) is 7.42. The van der Waals surface area contributed by atoms with Gasteiger partial charge in [0.15, 0.2) is 0 Å². The van der Waals surface area contributed by atoms with E-state index in [2.05, 4.69) is 60.8 Å². The lowest BCUT2D eigenvalue weighted by Gasteiger charge is -2.20. The van der Waals surface area contributed by atoms with Crippen molar-refractivity contribution in [2.45, 2.75) is 38.5 Å². The topological polar surface area (TPSA) is 29.1 Å². The third-order valence-corrected chi connectivity index (χ3v) is 3.76. The average Bonchev–Trinajstić information content (AvgIpc) is 2.41. The highest BCUT2D eigenvalue weighted by atomic mass is 16.1. The standard InChI is InChI=1S/C18H23NO/c1-15-7-2-4-9-16(10-5-3-8-15)17-11-6-12-18(20)19-14-13-17/h2-5,7-10,17H,6,11-14H2,1H3,(H,19,20). The Hall–Kier alpha value is -1.83. The number of carbonyl (C=O) groups excluding carboxylic acids is 1. The fourth-order valence-corrected chi connectivity index (χ4v) is 2.59. The van der Waals surface area contributed by atoms with Crippen LogP contribution in [0.15, 0.2) is 48.5 Å². The molecule has 1 fully saturated rings. The van der Waals surface area contributed by atoms with Gasteiger partial charge in [-0.15, -0.1) is 0 Å². The lowest BCUT2D eigenvalue weighted by molar-refractivity contribution is -0.121.